The van der Waals surface area contributed by atoms with Gasteiger partial charge in [-0.1, -0.05) is 13.3 Å². The Labute approximate surface area is 124 Å². The summed E-state index contributed by atoms with van der Waals surface area (Å²) >= 11 is 0. The third kappa shape index (κ3) is 8.26. The number of amides is 1. The number of nitrogens with zero attached hydrogens (tertiary/aromatic N) is 2. The topological polar surface area (TPSA) is 35.6 Å². The van der Waals surface area contributed by atoms with Crippen molar-refractivity contribution >= 4 is 5.91 Å². The van der Waals surface area contributed by atoms with Crippen molar-refractivity contribution in [3.63, 3.8) is 0 Å². The van der Waals surface area contributed by atoms with E-state index in [1.807, 2.05) is 11.8 Å². The zero-order valence-corrected chi connectivity index (χ0v) is 12.9. The van der Waals surface area contributed by atoms with Gasteiger partial charge in [0.15, 0.2) is 0 Å². The van der Waals surface area contributed by atoms with Crippen molar-refractivity contribution in [2.45, 2.75) is 32.4 Å². The number of carbonyl (C=O) groups is 1. The zero-order valence-electron chi connectivity index (χ0n) is 12.9. The van der Waals surface area contributed by atoms with E-state index in [2.05, 4.69) is 5.32 Å². The summed E-state index contributed by atoms with van der Waals surface area (Å²) in [7, 11) is 1.44. The number of hydrogen-bond acceptors (Lipinski definition) is 3. The lowest BCUT2D eigenvalue weighted by Crippen LogP contribution is -2.43. The van der Waals surface area contributed by atoms with Gasteiger partial charge in [-0.15, -0.1) is 0 Å². The molecule has 1 rings (SSSR count). The van der Waals surface area contributed by atoms with Crippen LogP contribution in [0.3, 0.4) is 0 Å². The zero-order chi connectivity index (χ0) is 15.9. The van der Waals surface area contributed by atoms with Gasteiger partial charge in [-0.25, -0.2) is 0 Å². The Bertz CT molecular complexity index is 319. The molecule has 0 atom stereocenters. The quantitative estimate of drug-likeness (QED) is 0.704. The monoisotopic (exact) mass is 309 g/mol. The highest BCUT2D eigenvalue weighted by molar-refractivity contribution is 5.78. The van der Waals surface area contributed by atoms with Crippen molar-refractivity contribution in [2.24, 2.45) is 5.92 Å². The van der Waals surface area contributed by atoms with E-state index in [1.165, 1.54) is 31.2 Å². The highest BCUT2D eigenvalue weighted by atomic mass is 19.4. The Morgan fingerprint density at radius 1 is 1.29 bits per heavy atom. The first kappa shape index (κ1) is 18.2. The summed E-state index contributed by atoms with van der Waals surface area (Å²) in [5.74, 6) is 0.573. The van der Waals surface area contributed by atoms with Crippen LogP contribution in [0.15, 0.2) is 0 Å². The van der Waals surface area contributed by atoms with Crippen LogP contribution in [0, 0.1) is 5.92 Å². The lowest BCUT2D eigenvalue weighted by Gasteiger charge is -2.27. The van der Waals surface area contributed by atoms with Crippen molar-refractivity contribution in [3.8, 4) is 0 Å². The third-order valence-corrected chi connectivity index (χ3v) is 3.87. The number of rotatable bonds is 9. The van der Waals surface area contributed by atoms with Gasteiger partial charge in [0.2, 0.25) is 5.91 Å². The highest BCUT2D eigenvalue weighted by Gasteiger charge is 2.29. The molecule has 4 nitrogen and oxygen atoms in total. The van der Waals surface area contributed by atoms with Crippen LogP contribution in [0.25, 0.3) is 0 Å². The number of likely N-dealkylation sites (N-methyl/N-ethyl adjacent to an activating group) is 2. The van der Waals surface area contributed by atoms with Crippen LogP contribution in [-0.2, 0) is 4.79 Å². The number of alkyl halides is 3. The summed E-state index contributed by atoms with van der Waals surface area (Å²) in [4.78, 5) is 14.9. The van der Waals surface area contributed by atoms with Crippen LogP contribution in [-0.4, -0.2) is 68.2 Å². The van der Waals surface area contributed by atoms with Gasteiger partial charge in [0.05, 0.1) is 13.1 Å². The Morgan fingerprint density at radius 3 is 2.43 bits per heavy atom. The fourth-order valence-corrected chi connectivity index (χ4v) is 2.26. The molecule has 0 bridgehead atoms. The molecule has 0 aliphatic heterocycles. The second-order valence-corrected chi connectivity index (χ2v) is 5.82. The molecule has 0 aromatic rings. The van der Waals surface area contributed by atoms with Crippen molar-refractivity contribution in [3.05, 3.63) is 0 Å². The first-order valence-electron chi connectivity index (χ1n) is 7.54. The molecular weight excluding hydrogens is 283 g/mol. The van der Waals surface area contributed by atoms with Crippen molar-refractivity contribution < 1.29 is 18.0 Å². The van der Waals surface area contributed by atoms with E-state index in [9.17, 15) is 18.0 Å². The number of carbonyl (C=O) groups excluding carboxylic acids is 1. The number of halogens is 3. The molecule has 1 aliphatic carbocycles. The molecule has 0 unspecified atom stereocenters. The predicted molar refractivity (Wildman–Crippen MR) is 76.0 cm³/mol. The summed E-state index contributed by atoms with van der Waals surface area (Å²) in [6.45, 7) is 3.37. The average molecular weight is 309 g/mol. The van der Waals surface area contributed by atoms with Crippen molar-refractivity contribution in [1.29, 1.82) is 0 Å². The molecule has 1 saturated carbocycles. The number of nitrogens with one attached hydrogen (secondary N) is 1. The molecule has 124 valence electrons. The fraction of sp³-hybridized carbons (Fsp3) is 0.929. The first-order valence-corrected chi connectivity index (χ1v) is 7.54. The Morgan fingerprint density at radius 2 is 1.95 bits per heavy atom. The Balaban J connectivity index is 2.18. The van der Waals surface area contributed by atoms with Crippen LogP contribution < -0.4 is 5.32 Å². The molecular formula is C14H26F3N3O. The van der Waals surface area contributed by atoms with Crippen LogP contribution in [0.4, 0.5) is 13.2 Å². The molecule has 1 amide bonds. The summed E-state index contributed by atoms with van der Waals surface area (Å²) in [6, 6.07) is 0. The first-order chi connectivity index (χ1) is 9.80. The summed E-state index contributed by atoms with van der Waals surface area (Å²) in [5, 5.41) is 2.90. The van der Waals surface area contributed by atoms with Gasteiger partial charge < -0.3 is 5.32 Å². The Hall–Kier alpha value is -0.820. The van der Waals surface area contributed by atoms with E-state index in [0.717, 1.165) is 6.54 Å². The molecule has 0 aromatic heterocycles. The van der Waals surface area contributed by atoms with E-state index >= 15 is 0 Å². The van der Waals surface area contributed by atoms with E-state index in [-0.39, 0.29) is 12.5 Å². The van der Waals surface area contributed by atoms with Gasteiger partial charge in [-0.05, 0) is 32.4 Å². The van der Waals surface area contributed by atoms with Crippen LogP contribution in [0.1, 0.15) is 26.2 Å². The van der Waals surface area contributed by atoms with Crippen LogP contribution >= 0.6 is 0 Å². The smallest absolute Gasteiger partial charge is 0.355 e. The Kier molecular flexibility index (Phi) is 7.45. The normalized spacial score (nSPS) is 16.3. The third-order valence-electron chi connectivity index (χ3n) is 3.87. The maximum atomic E-state index is 12.2. The second kappa shape index (κ2) is 8.58. The van der Waals surface area contributed by atoms with E-state index in [1.54, 1.807) is 0 Å². The minimum atomic E-state index is -4.17. The molecule has 0 heterocycles. The van der Waals surface area contributed by atoms with Gasteiger partial charge in [0, 0.05) is 19.6 Å². The minimum Gasteiger partial charge on any atom is -0.355 e. The number of hydrogen-bond donors (Lipinski definition) is 1. The standard InChI is InChI=1S/C14H26F3N3O/c1-3-20(8-7-19(2)11-14(15,16)17)10-13(21)18-9-12-5-4-6-12/h12H,3-11H2,1-2H3,(H,18,21). The van der Waals surface area contributed by atoms with Gasteiger partial charge in [-0.3, -0.25) is 14.6 Å². The SMILES string of the molecule is CCN(CCN(C)CC(F)(F)F)CC(=O)NCC1CCC1. The molecule has 0 spiro atoms. The molecule has 1 fully saturated rings. The van der Waals surface area contributed by atoms with Crippen molar-refractivity contribution in [2.75, 3.05) is 46.3 Å². The molecule has 0 radical (unpaired) electrons. The lowest BCUT2D eigenvalue weighted by molar-refractivity contribution is -0.143. The highest BCUT2D eigenvalue weighted by Crippen LogP contribution is 2.25. The molecule has 0 aromatic carbocycles. The molecule has 1 N–H and O–H groups in total. The molecule has 21 heavy (non-hydrogen) atoms. The lowest BCUT2D eigenvalue weighted by atomic mass is 9.85. The van der Waals surface area contributed by atoms with E-state index in [4.69, 9.17) is 0 Å². The van der Waals surface area contributed by atoms with E-state index in [0.29, 0.717) is 25.6 Å². The minimum absolute atomic E-state index is 0.0396. The largest absolute Gasteiger partial charge is 0.401 e. The molecule has 0 saturated heterocycles. The second-order valence-electron chi connectivity index (χ2n) is 5.82. The van der Waals surface area contributed by atoms with Gasteiger partial charge >= 0.3 is 6.18 Å². The maximum absolute atomic E-state index is 12.2. The molecule has 1 aliphatic rings. The molecule has 7 heteroatoms. The maximum Gasteiger partial charge on any atom is 0.401 e. The van der Waals surface area contributed by atoms with Gasteiger partial charge in [-0.2, -0.15) is 13.2 Å². The van der Waals surface area contributed by atoms with Crippen LogP contribution in [0.5, 0.6) is 0 Å². The summed E-state index contributed by atoms with van der Waals surface area (Å²) < 4.78 is 36.7. The summed E-state index contributed by atoms with van der Waals surface area (Å²) in [5.41, 5.74) is 0. The average Bonchev–Trinajstić information content (AvgIpc) is 2.30. The summed E-state index contributed by atoms with van der Waals surface area (Å²) in [6.07, 6.45) is -0.570. The van der Waals surface area contributed by atoms with Crippen LogP contribution in [0.2, 0.25) is 0 Å². The van der Waals surface area contributed by atoms with Crippen molar-refractivity contribution in [1.82, 2.24) is 15.1 Å². The van der Waals surface area contributed by atoms with Gasteiger partial charge in [0.25, 0.3) is 0 Å². The predicted octanol–water partition coefficient (Wildman–Crippen LogP) is 1.72. The van der Waals surface area contributed by atoms with Gasteiger partial charge in [0.1, 0.15) is 0 Å². The van der Waals surface area contributed by atoms with E-state index < -0.39 is 12.7 Å². The fourth-order valence-electron chi connectivity index (χ4n) is 2.26.